The first-order chi connectivity index (χ1) is 15.5. The minimum atomic E-state index is -2.22. The van der Waals surface area contributed by atoms with Gasteiger partial charge in [-0.1, -0.05) is 24.3 Å². The van der Waals surface area contributed by atoms with Crippen LogP contribution in [0.15, 0.2) is 48.5 Å². The smallest absolute Gasteiger partial charge is 0.329 e. The Morgan fingerprint density at radius 2 is 2.00 bits per heavy atom. The maximum Gasteiger partial charge on any atom is 0.329 e. The fourth-order valence-electron chi connectivity index (χ4n) is 4.06. The van der Waals surface area contributed by atoms with Crippen molar-refractivity contribution in [2.45, 2.75) is 12.1 Å². The van der Waals surface area contributed by atoms with E-state index in [4.69, 9.17) is 9.47 Å². The number of nitrogens with zero attached hydrogens (tertiary/aromatic N) is 2. The summed E-state index contributed by atoms with van der Waals surface area (Å²) in [6.45, 7) is 4.36. The molecular formula is C23H28N4O5. The van der Waals surface area contributed by atoms with Gasteiger partial charge in [0.15, 0.2) is 0 Å². The molecule has 9 heteroatoms. The Hall–Kier alpha value is -3.14. The van der Waals surface area contributed by atoms with Gasteiger partial charge in [0.25, 0.3) is 11.6 Å². The largest absolute Gasteiger partial charge is 0.497 e. The summed E-state index contributed by atoms with van der Waals surface area (Å²) in [6, 6.07) is 12.8. The van der Waals surface area contributed by atoms with Crippen LogP contribution in [0.25, 0.3) is 0 Å². The third kappa shape index (κ3) is 4.27. The van der Waals surface area contributed by atoms with Crippen molar-refractivity contribution >= 4 is 23.3 Å². The van der Waals surface area contributed by atoms with E-state index in [2.05, 4.69) is 15.5 Å². The summed E-state index contributed by atoms with van der Waals surface area (Å²) in [5.41, 5.74) is -1.19. The van der Waals surface area contributed by atoms with Crippen molar-refractivity contribution in [3.8, 4) is 5.75 Å². The van der Waals surface area contributed by atoms with Gasteiger partial charge in [-0.15, -0.1) is 0 Å². The zero-order valence-electron chi connectivity index (χ0n) is 18.0. The van der Waals surface area contributed by atoms with Gasteiger partial charge in [0.2, 0.25) is 0 Å². The number of benzene rings is 2. The van der Waals surface area contributed by atoms with Gasteiger partial charge in [0, 0.05) is 31.3 Å². The lowest BCUT2D eigenvalue weighted by molar-refractivity contribution is -0.140. The minimum absolute atomic E-state index is 0.299. The predicted octanol–water partition coefficient (Wildman–Crippen LogP) is 1.73. The highest BCUT2D eigenvalue weighted by Crippen LogP contribution is 2.40. The number of aliphatic hydroxyl groups is 1. The normalized spacial score (nSPS) is 20.9. The van der Waals surface area contributed by atoms with Crippen molar-refractivity contribution in [1.82, 2.24) is 10.2 Å². The second-order valence-electron chi connectivity index (χ2n) is 7.75. The fourth-order valence-corrected chi connectivity index (χ4v) is 4.06. The summed E-state index contributed by atoms with van der Waals surface area (Å²) in [5, 5.41) is 17.3. The Morgan fingerprint density at radius 1 is 1.22 bits per heavy atom. The van der Waals surface area contributed by atoms with Crippen LogP contribution in [0.3, 0.4) is 0 Å². The van der Waals surface area contributed by atoms with Gasteiger partial charge in [-0.2, -0.15) is 0 Å². The highest BCUT2D eigenvalue weighted by atomic mass is 16.5. The van der Waals surface area contributed by atoms with Crippen LogP contribution in [0.1, 0.15) is 12.0 Å². The Labute approximate surface area is 186 Å². The number of fused-ring (bicyclic) bond motifs is 1. The first-order valence-electron chi connectivity index (χ1n) is 10.7. The molecule has 0 bridgehead atoms. The zero-order valence-corrected chi connectivity index (χ0v) is 18.0. The van der Waals surface area contributed by atoms with E-state index < -0.39 is 17.7 Å². The van der Waals surface area contributed by atoms with Gasteiger partial charge in [0.1, 0.15) is 5.75 Å². The Bertz CT molecular complexity index is 978. The molecule has 0 aliphatic carbocycles. The molecule has 1 saturated heterocycles. The molecule has 1 fully saturated rings. The number of ether oxygens (including phenoxy) is 2. The third-order valence-corrected chi connectivity index (χ3v) is 5.74. The van der Waals surface area contributed by atoms with Crippen LogP contribution >= 0.6 is 0 Å². The molecular weight excluding hydrogens is 412 g/mol. The van der Waals surface area contributed by atoms with Gasteiger partial charge >= 0.3 is 6.03 Å². The van der Waals surface area contributed by atoms with Crippen LogP contribution < -0.4 is 20.3 Å². The number of nitrogens with one attached hydrogen (secondary N) is 2. The quantitative estimate of drug-likeness (QED) is 0.567. The van der Waals surface area contributed by atoms with E-state index in [0.717, 1.165) is 31.0 Å². The molecule has 2 heterocycles. The van der Waals surface area contributed by atoms with E-state index >= 15 is 0 Å². The lowest BCUT2D eigenvalue weighted by atomic mass is 9.94. The number of morpholine rings is 1. The minimum Gasteiger partial charge on any atom is -0.497 e. The number of para-hydroxylation sites is 1. The van der Waals surface area contributed by atoms with E-state index in [1.165, 1.54) is 7.11 Å². The van der Waals surface area contributed by atoms with Crippen LogP contribution in [0.2, 0.25) is 0 Å². The number of urea groups is 1. The standard InChI is InChI=1S/C23H28N4O5/c1-31-18-7-4-6-17(16-18)27-22(29)25-20-9-3-2-8-19(20)23(27,30)21(28)24-10-5-11-26-12-14-32-15-13-26/h2-4,6-9,16,30H,5,10-15H2,1H3,(H,24,28)(H,25,29). The van der Waals surface area contributed by atoms with Crippen molar-refractivity contribution in [1.29, 1.82) is 0 Å². The predicted molar refractivity (Wildman–Crippen MR) is 120 cm³/mol. The van der Waals surface area contributed by atoms with Crippen molar-refractivity contribution in [3.05, 3.63) is 54.1 Å². The second kappa shape index (κ2) is 9.56. The van der Waals surface area contributed by atoms with E-state index in [9.17, 15) is 14.7 Å². The van der Waals surface area contributed by atoms with Crippen LogP contribution in [-0.2, 0) is 15.3 Å². The number of methoxy groups -OCH3 is 1. The summed E-state index contributed by atoms with van der Waals surface area (Å²) in [4.78, 5) is 29.7. The molecule has 0 spiro atoms. The Balaban J connectivity index is 1.58. The number of anilines is 2. The van der Waals surface area contributed by atoms with Gasteiger partial charge in [-0.05, 0) is 31.2 Å². The van der Waals surface area contributed by atoms with Crippen molar-refractivity contribution < 1.29 is 24.2 Å². The maximum absolute atomic E-state index is 13.4. The Kier molecular flexibility index (Phi) is 6.59. The topological polar surface area (TPSA) is 103 Å². The van der Waals surface area contributed by atoms with Crippen molar-refractivity contribution in [3.63, 3.8) is 0 Å². The van der Waals surface area contributed by atoms with E-state index in [1.807, 2.05) is 0 Å². The summed E-state index contributed by atoms with van der Waals surface area (Å²) in [5.74, 6) is -0.160. The number of hydrogen-bond donors (Lipinski definition) is 3. The van der Waals surface area contributed by atoms with Crippen LogP contribution in [0.5, 0.6) is 5.75 Å². The molecule has 170 valence electrons. The number of amides is 3. The molecule has 2 aliphatic rings. The highest BCUT2D eigenvalue weighted by Gasteiger charge is 2.51. The molecule has 1 atom stereocenters. The number of hydrogen-bond acceptors (Lipinski definition) is 6. The van der Waals surface area contributed by atoms with Crippen LogP contribution in [0, 0.1) is 0 Å². The first-order valence-corrected chi connectivity index (χ1v) is 10.7. The molecule has 2 aliphatic heterocycles. The average Bonchev–Trinajstić information content (AvgIpc) is 2.82. The average molecular weight is 441 g/mol. The SMILES string of the molecule is COc1cccc(N2C(=O)Nc3ccccc3C2(O)C(=O)NCCCN2CCOCC2)c1. The summed E-state index contributed by atoms with van der Waals surface area (Å²) in [6.07, 6.45) is 0.717. The molecule has 3 amide bonds. The second-order valence-corrected chi connectivity index (χ2v) is 7.75. The first kappa shape index (κ1) is 22.1. The van der Waals surface area contributed by atoms with Crippen LogP contribution in [-0.4, -0.2) is 68.4 Å². The molecule has 3 N–H and O–H groups in total. The molecule has 2 aromatic rings. The molecule has 2 aromatic carbocycles. The molecule has 4 rings (SSSR count). The van der Waals surface area contributed by atoms with E-state index in [1.54, 1.807) is 48.5 Å². The zero-order chi connectivity index (χ0) is 22.6. The number of carbonyl (C=O) groups excluding carboxylic acids is 2. The highest BCUT2D eigenvalue weighted by molar-refractivity contribution is 6.11. The molecule has 1 unspecified atom stereocenters. The maximum atomic E-state index is 13.4. The summed E-state index contributed by atoms with van der Waals surface area (Å²) in [7, 11) is 1.51. The van der Waals surface area contributed by atoms with Crippen LogP contribution in [0.4, 0.5) is 16.2 Å². The van der Waals surface area contributed by atoms with E-state index in [-0.39, 0.29) is 0 Å². The summed E-state index contributed by atoms with van der Waals surface area (Å²) < 4.78 is 10.6. The lowest BCUT2D eigenvalue weighted by Crippen LogP contribution is -2.62. The monoisotopic (exact) mass is 440 g/mol. The third-order valence-electron chi connectivity index (χ3n) is 5.74. The molecule has 32 heavy (non-hydrogen) atoms. The van der Waals surface area contributed by atoms with Gasteiger partial charge in [0.05, 0.1) is 31.7 Å². The molecule has 0 saturated carbocycles. The molecule has 0 aromatic heterocycles. The van der Waals surface area contributed by atoms with Gasteiger partial charge < -0.3 is 25.2 Å². The molecule has 0 radical (unpaired) electrons. The lowest BCUT2D eigenvalue weighted by Gasteiger charge is -2.42. The van der Waals surface area contributed by atoms with E-state index in [0.29, 0.717) is 42.4 Å². The fraction of sp³-hybridized carbons (Fsp3) is 0.391. The van der Waals surface area contributed by atoms with Gasteiger partial charge in [-0.3, -0.25) is 14.6 Å². The number of rotatable bonds is 7. The van der Waals surface area contributed by atoms with Gasteiger partial charge in [-0.25, -0.2) is 4.79 Å². The van der Waals surface area contributed by atoms with Crippen molar-refractivity contribution in [2.75, 3.05) is 56.7 Å². The van der Waals surface area contributed by atoms with Crippen molar-refractivity contribution in [2.24, 2.45) is 0 Å². The Morgan fingerprint density at radius 3 is 2.78 bits per heavy atom. The molecule has 9 nitrogen and oxygen atoms in total. The number of carbonyl (C=O) groups is 2. The summed E-state index contributed by atoms with van der Waals surface area (Å²) >= 11 is 0.